The van der Waals surface area contributed by atoms with Crippen molar-refractivity contribution in [2.45, 2.75) is 43.7 Å². The molecule has 27 heavy (non-hydrogen) atoms. The summed E-state index contributed by atoms with van der Waals surface area (Å²) in [6.07, 6.45) is 2.12. The maximum Gasteiger partial charge on any atom is 0.242 e. The summed E-state index contributed by atoms with van der Waals surface area (Å²) in [6.45, 7) is 2.63. The molecule has 1 saturated carbocycles. The minimum Gasteiger partial charge on any atom is -0.335 e. The first-order valence-electron chi connectivity index (χ1n) is 8.96. The number of hydrogen-bond acceptors (Lipinski definition) is 3. The molecule has 1 amide bonds. The lowest BCUT2D eigenvalue weighted by atomic mass is 10.1. The predicted octanol–water partition coefficient (Wildman–Crippen LogP) is 3.51. The Morgan fingerprint density at radius 2 is 1.81 bits per heavy atom. The van der Waals surface area contributed by atoms with Crippen molar-refractivity contribution in [1.82, 2.24) is 9.62 Å². The Bertz CT molecular complexity index is 909. The lowest BCUT2D eigenvalue weighted by Gasteiger charge is -2.23. The van der Waals surface area contributed by atoms with Crippen LogP contribution in [0.4, 0.5) is 0 Å². The van der Waals surface area contributed by atoms with Crippen LogP contribution in [-0.4, -0.2) is 31.8 Å². The average molecular weight is 407 g/mol. The van der Waals surface area contributed by atoms with Gasteiger partial charge in [0.1, 0.15) is 4.90 Å². The third-order valence-corrected chi connectivity index (χ3v) is 6.50. The molecule has 0 atom stereocenters. The van der Waals surface area contributed by atoms with E-state index in [0.29, 0.717) is 6.54 Å². The van der Waals surface area contributed by atoms with E-state index in [0.717, 1.165) is 18.4 Å². The predicted molar refractivity (Wildman–Crippen MR) is 106 cm³/mol. The van der Waals surface area contributed by atoms with Gasteiger partial charge in [-0.1, -0.05) is 53.6 Å². The molecular formula is C20H23ClN2O3S. The fourth-order valence-electron chi connectivity index (χ4n) is 2.87. The Labute approximate surface area is 165 Å². The SMILES string of the molecule is Cc1ccc(CN(C(=O)CCNS(=O)(=O)c2ccccc2Cl)C2CC2)cc1. The highest BCUT2D eigenvalue weighted by Crippen LogP contribution is 2.29. The molecule has 0 spiro atoms. The molecule has 1 aliphatic rings. The Kier molecular flexibility index (Phi) is 6.19. The summed E-state index contributed by atoms with van der Waals surface area (Å²) >= 11 is 5.96. The first kappa shape index (κ1) is 19.9. The van der Waals surface area contributed by atoms with Crippen LogP contribution in [0.2, 0.25) is 5.02 Å². The average Bonchev–Trinajstić information content (AvgIpc) is 3.46. The number of amides is 1. The van der Waals surface area contributed by atoms with E-state index in [1.54, 1.807) is 12.1 Å². The molecule has 0 unspecified atom stereocenters. The molecule has 1 fully saturated rings. The smallest absolute Gasteiger partial charge is 0.242 e. The number of carbonyl (C=O) groups is 1. The van der Waals surface area contributed by atoms with Gasteiger partial charge in [-0.05, 0) is 37.5 Å². The van der Waals surface area contributed by atoms with E-state index in [9.17, 15) is 13.2 Å². The van der Waals surface area contributed by atoms with E-state index in [-0.39, 0.29) is 34.8 Å². The van der Waals surface area contributed by atoms with Gasteiger partial charge >= 0.3 is 0 Å². The van der Waals surface area contributed by atoms with Crippen LogP contribution in [0.5, 0.6) is 0 Å². The monoisotopic (exact) mass is 406 g/mol. The second-order valence-electron chi connectivity index (χ2n) is 6.82. The zero-order chi connectivity index (χ0) is 19.4. The van der Waals surface area contributed by atoms with E-state index < -0.39 is 10.0 Å². The molecule has 0 bridgehead atoms. The van der Waals surface area contributed by atoms with Gasteiger partial charge in [-0.2, -0.15) is 0 Å². The van der Waals surface area contributed by atoms with Crippen LogP contribution < -0.4 is 4.72 Å². The molecule has 0 aromatic heterocycles. The zero-order valence-electron chi connectivity index (χ0n) is 15.2. The summed E-state index contributed by atoms with van der Waals surface area (Å²) < 4.78 is 27.2. The largest absolute Gasteiger partial charge is 0.335 e. The molecule has 0 heterocycles. The number of hydrogen-bond donors (Lipinski definition) is 1. The number of halogens is 1. The topological polar surface area (TPSA) is 66.5 Å². The number of carbonyl (C=O) groups excluding carboxylic acids is 1. The third-order valence-electron chi connectivity index (χ3n) is 4.54. The van der Waals surface area contributed by atoms with Crippen LogP contribution in [0.1, 0.15) is 30.4 Å². The van der Waals surface area contributed by atoms with E-state index in [4.69, 9.17) is 11.6 Å². The summed E-state index contributed by atoms with van der Waals surface area (Å²) in [5.41, 5.74) is 2.26. The first-order chi connectivity index (χ1) is 12.9. The molecule has 1 N–H and O–H groups in total. The van der Waals surface area contributed by atoms with Crippen molar-refractivity contribution >= 4 is 27.5 Å². The van der Waals surface area contributed by atoms with Gasteiger partial charge in [0.2, 0.25) is 15.9 Å². The maximum atomic E-state index is 12.7. The molecule has 144 valence electrons. The fraction of sp³-hybridized carbons (Fsp3) is 0.350. The zero-order valence-corrected chi connectivity index (χ0v) is 16.8. The number of benzene rings is 2. The molecule has 3 rings (SSSR count). The molecule has 2 aromatic carbocycles. The van der Waals surface area contributed by atoms with Gasteiger partial charge < -0.3 is 4.90 Å². The lowest BCUT2D eigenvalue weighted by molar-refractivity contribution is -0.132. The van der Waals surface area contributed by atoms with E-state index in [2.05, 4.69) is 4.72 Å². The number of aryl methyl sites for hydroxylation is 1. The van der Waals surface area contributed by atoms with Gasteiger partial charge in [-0.25, -0.2) is 13.1 Å². The molecular weight excluding hydrogens is 384 g/mol. The molecule has 2 aromatic rings. The van der Waals surface area contributed by atoms with Crippen LogP contribution in [0, 0.1) is 6.92 Å². The minimum absolute atomic E-state index is 0.0258. The number of nitrogens with zero attached hydrogens (tertiary/aromatic N) is 1. The van der Waals surface area contributed by atoms with Crippen molar-refractivity contribution in [2.24, 2.45) is 0 Å². The van der Waals surface area contributed by atoms with Crippen LogP contribution >= 0.6 is 11.6 Å². The molecule has 0 saturated heterocycles. The minimum atomic E-state index is -3.73. The standard InChI is InChI=1S/C20H23ClN2O3S/c1-15-6-8-16(9-7-15)14-23(17-10-11-17)20(24)12-13-22-27(25,26)19-5-3-2-4-18(19)21/h2-9,17,22H,10-14H2,1H3. The van der Waals surface area contributed by atoms with Crippen LogP contribution in [0.3, 0.4) is 0 Å². The number of nitrogens with one attached hydrogen (secondary N) is 1. The highest BCUT2D eigenvalue weighted by atomic mass is 35.5. The van der Waals surface area contributed by atoms with E-state index in [1.165, 1.54) is 17.7 Å². The van der Waals surface area contributed by atoms with Crippen LogP contribution in [-0.2, 0) is 21.4 Å². The van der Waals surface area contributed by atoms with Crippen molar-refractivity contribution in [3.05, 3.63) is 64.7 Å². The summed E-state index contributed by atoms with van der Waals surface area (Å²) in [5, 5.41) is 0.162. The first-order valence-corrected chi connectivity index (χ1v) is 10.8. The lowest BCUT2D eigenvalue weighted by Crippen LogP contribution is -2.35. The van der Waals surface area contributed by atoms with E-state index in [1.807, 2.05) is 36.1 Å². The molecule has 7 heteroatoms. The van der Waals surface area contributed by atoms with E-state index >= 15 is 0 Å². The van der Waals surface area contributed by atoms with Gasteiger partial charge in [0.25, 0.3) is 0 Å². The van der Waals surface area contributed by atoms with Gasteiger partial charge in [-0.15, -0.1) is 0 Å². The van der Waals surface area contributed by atoms with Gasteiger partial charge in [-0.3, -0.25) is 4.79 Å². The number of rotatable bonds is 8. The second kappa shape index (κ2) is 8.42. The molecule has 5 nitrogen and oxygen atoms in total. The van der Waals surface area contributed by atoms with Crippen LogP contribution in [0.25, 0.3) is 0 Å². The van der Waals surface area contributed by atoms with Crippen LogP contribution in [0.15, 0.2) is 53.4 Å². The normalized spacial score (nSPS) is 14.1. The van der Waals surface area contributed by atoms with Gasteiger partial charge in [0.05, 0.1) is 5.02 Å². The molecule has 0 radical (unpaired) electrons. The van der Waals surface area contributed by atoms with Crippen molar-refractivity contribution in [1.29, 1.82) is 0 Å². The Morgan fingerprint density at radius 3 is 2.44 bits per heavy atom. The highest BCUT2D eigenvalue weighted by molar-refractivity contribution is 7.89. The van der Waals surface area contributed by atoms with Crippen molar-refractivity contribution in [3.63, 3.8) is 0 Å². The summed E-state index contributed by atoms with van der Waals surface area (Å²) in [7, 11) is -3.73. The maximum absolute atomic E-state index is 12.7. The summed E-state index contributed by atoms with van der Waals surface area (Å²) in [5.74, 6) is -0.0417. The molecule has 0 aliphatic heterocycles. The Hall–Kier alpha value is -1.89. The second-order valence-corrected chi connectivity index (χ2v) is 8.96. The van der Waals surface area contributed by atoms with Crippen molar-refractivity contribution in [3.8, 4) is 0 Å². The van der Waals surface area contributed by atoms with Crippen molar-refractivity contribution in [2.75, 3.05) is 6.54 Å². The Balaban J connectivity index is 1.58. The summed E-state index contributed by atoms with van der Waals surface area (Å²) in [6, 6.07) is 14.6. The fourth-order valence-corrected chi connectivity index (χ4v) is 4.42. The number of sulfonamides is 1. The Morgan fingerprint density at radius 1 is 1.15 bits per heavy atom. The molecule has 1 aliphatic carbocycles. The summed E-state index contributed by atoms with van der Waals surface area (Å²) in [4.78, 5) is 14.5. The van der Waals surface area contributed by atoms with Gasteiger partial charge in [0, 0.05) is 25.6 Å². The third kappa shape index (κ3) is 5.31. The van der Waals surface area contributed by atoms with Gasteiger partial charge in [0.15, 0.2) is 0 Å². The highest BCUT2D eigenvalue weighted by Gasteiger charge is 2.32. The van der Waals surface area contributed by atoms with Crippen molar-refractivity contribution < 1.29 is 13.2 Å². The quantitative estimate of drug-likeness (QED) is 0.729.